The van der Waals surface area contributed by atoms with Crippen molar-refractivity contribution in [2.45, 2.75) is 26.9 Å². The Morgan fingerprint density at radius 1 is 1.47 bits per heavy atom. The molecule has 0 aliphatic rings. The molecule has 4 nitrogen and oxygen atoms in total. The van der Waals surface area contributed by atoms with Crippen molar-refractivity contribution in [1.29, 1.82) is 0 Å². The summed E-state index contributed by atoms with van der Waals surface area (Å²) < 4.78 is 6.94. The van der Waals surface area contributed by atoms with E-state index in [4.69, 9.17) is 10.5 Å². The van der Waals surface area contributed by atoms with E-state index in [2.05, 4.69) is 0 Å². The topological polar surface area (TPSA) is 57.2 Å². The van der Waals surface area contributed by atoms with Gasteiger partial charge < -0.3 is 15.0 Å². The number of nitrogens with two attached hydrogens (primary N) is 1. The third-order valence-electron chi connectivity index (χ3n) is 2.35. The van der Waals surface area contributed by atoms with Gasteiger partial charge >= 0.3 is 0 Å². The lowest BCUT2D eigenvalue weighted by Crippen LogP contribution is -2.28. The quantitative estimate of drug-likeness (QED) is 0.726. The summed E-state index contributed by atoms with van der Waals surface area (Å²) in [6.45, 7) is 5.95. The smallest absolute Gasteiger partial charge is 0.255 e. The van der Waals surface area contributed by atoms with E-state index in [0.29, 0.717) is 25.3 Å². The zero-order chi connectivity index (χ0) is 11.3. The summed E-state index contributed by atoms with van der Waals surface area (Å²) in [7, 11) is 0. The fourth-order valence-corrected chi connectivity index (χ4v) is 1.45. The van der Waals surface area contributed by atoms with Crippen molar-refractivity contribution in [3.05, 3.63) is 33.7 Å². The molecule has 0 aliphatic carbocycles. The number of ether oxygens (including phenoxy) is 1. The summed E-state index contributed by atoms with van der Waals surface area (Å²) in [5.74, 6) is 0. The summed E-state index contributed by atoms with van der Waals surface area (Å²) in [5.41, 5.74) is 7.07. The maximum atomic E-state index is 11.8. The minimum Gasteiger partial charge on any atom is -0.380 e. The van der Waals surface area contributed by atoms with Gasteiger partial charge in [-0.3, -0.25) is 4.79 Å². The highest BCUT2D eigenvalue weighted by molar-refractivity contribution is 5.15. The molecular weight excluding hydrogens is 192 g/mol. The summed E-state index contributed by atoms with van der Waals surface area (Å²) in [5, 5.41) is 0. The number of aromatic nitrogens is 1. The van der Waals surface area contributed by atoms with E-state index in [1.54, 1.807) is 10.6 Å². The molecule has 1 heterocycles. The van der Waals surface area contributed by atoms with Gasteiger partial charge in [-0.1, -0.05) is 6.07 Å². The SMILES string of the molecule is CCOCCn1c(C)ccc(CN)c1=O. The molecule has 1 aromatic heterocycles. The second-order valence-corrected chi connectivity index (χ2v) is 3.36. The molecule has 0 amide bonds. The van der Waals surface area contributed by atoms with Gasteiger partial charge in [-0.05, 0) is 19.9 Å². The van der Waals surface area contributed by atoms with E-state index in [0.717, 1.165) is 5.69 Å². The van der Waals surface area contributed by atoms with Crippen LogP contribution in [0.3, 0.4) is 0 Å². The molecule has 1 aromatic rings. The molecule has 0 radical (unpaired) electrons. The lowest BCUT2D eigenvalue weighted by Gasteiger charge is -2.11. The zero-order valence-electron chi connectivity index (χ0n) is 9.32. The van der Waals surface area contributed by atoms with Gasteiger partial charge in [0.15, 0.2) is 0 Å². The second kappa shape index (κ2) is 5.68. The Morgan fingerprint density at radius 2 is 2.20 bits per heavy atom. The Hall–Kier alpha value is -1.13. The average Bonchev–Trinajstić information content (AvgIpc) is 2.23. The van der Waals surface area contributed by atoms with Crippen molar-refractivity contribution < 1.29 is 4.74 Å². The van der Waals surface area contributed by atoms with Gasteiger partial charge in [0.05, 0.1) is 6.61 Å². The molecule has 0 fully saturated rings. The molecule has 0 bridgehead atoms. The first kappa shape index (κ1) is 11.9. The average molecular weight is 210 g/mol. The van der Waals surface area contributed by atoms with Crippen LogP contribution < -0.4 is 11.3 Å². The predicted octanol–water partition coefficient (Wildman–Crippen LogP) is 0.652. The van der Waals surface area contributed by atoms with Gasteiger partial charge in [0.25, 0.3) is 5.56 Å². The molecule has 0 aromatic carbocycles. The van der Waals surface area contributed by atoms with Crippen molar-refractivity contribution in [2.24, 2.45) is 5.73 Å². The molecule has 0 aliphatic heterocycles. The molecule has 0 saturated heterocycles. The van der Waals surface area contributed by atoms with E-state index in [9.17, 15) is 4.79 Å². The fourth-order valence-electron chi connectivity index (χ4n) is 1.45. The van der Waals surface area contributed by atoms with E-state index in [1.165, 1.54) is 0 Å². The van der Waals surface area contributed by atoms with Gasteiger partial charge in [0.2, 0.25) is 0 Å². The number of hydrogen-bond acceptors (Lipinski definition) is 3. The number of pyridine rings is 1. The van der Waals surface area contributed by atoms with Crippen LogP contribution >= 0.6 is 0 Å². The van der Waals surface area contributed by atoms with Crippen LogP contribution in [0, 0.1) is 6.92 Å². The molecule has 84 valence electrons. The van der Waals surface area contributed by atoms with Gasteiger partial charge in [-0.25, -0.2) is 0 Å². The van der Waals surface area contributed by atoms with E-state index < -0.39 is 0 Å². The van der Waals surface area contributed by atoms with Gasteiger partial charge in [0, 0.05) is 31.0 Å². The highest BCUT2D eigenvalue weighted by Gasteiger charge is 2.04. The summed E-state index contributed by atoms with van der Waals surface area (Å²) in [6, 6.07) is 3.70. The molecule has 0 atom stereocenters. The van der Waals surface area contributed by atoms with E-state index in [-0.39, 0.29) is 12.1 Å². The summed E-state index contributed by atoms with van der Waals surface area (Å²) in [4.78, 5) is 11.8. The van der Waals surface area contributed by atoms with Crippen LogP contribution in [-0.4, -0.2) is 17.8 Å². The van der Waals surface area contributed by atoms with Crippen LogP contribution in [0.25, 0.3) is 0 Å². The third-order valence-corrected chi connectivity index (χ3v) is 2.35. The van der Waals surface area contributed by atoms with E-state index in [1.807, 2.05) is 19.9 Å². The minimum absolute atomic E-state index is 0.00259. The highest BCUT2D eigenvalue weighted by Crippen LogP contribution is 1.98. The Kier molecular flexibility index (Phi) is 4.52. The highest BCUT2D eigenvalue weighted by atomic mass is 16.5. The Morgan fingerprint density at radius 3 is 2.80 bits per heavy atom. The van der Waals surface area contributed by atoms with Crippen molar-refractivity contribution in [3.63, 3.8) is 0 Å². The molecule has 2 N–H and O–H groups in total. The summed E-state index contributed by atoms with van der Waals surface area (Å²) >= 11 is 0. The number of rotatable bonds is 5. The Bertz CT molecular complexity index is 371. The van der Waals surface area contributed by atoms with Crippen molar-refractivity contribution >= 4 is 0 Å². The molecule has 15 heavy (non-hydrogen) atoms. The van der Waals surface area contributed by atoms with E-state index >= 15 is 0 Å². The molecule has 0 spiro atoms. The molecule has 0 saturated carbocycles. The monoisotopic (exact) mass is 210 g/mol. The van der Waals surface area contributed by atoms with Crippen molar-refractivity contribution in [1.82, 2.24) is 4.57 Å². The van der Waals surface area contributed by atoms with Crippen LogP contribution in [0.4, 0.5) is 0 Å². The summed E-state index contributed by atoms with van der Waals surface area (Å²) in [6.07, 6.45) is 0. The first-order chi connectivity index (χ1) is 7.20. The Labute approximate surface area is 89.7 Å². The van der Waals surface area contributed by atoms with Gasteiger partial charge in [-0.15, -0.1) is 0 Å². The van der Waals surface area contributed by atoms with Crippen molar-refractivity contribution in [2.75, 3.05) is 13.2 Å². The first-order valence-corrected chi connectivity index (χ1v) is 5.17. The third kappa shape index (κ3) is 2.91. The van der Waals surface area contributed by atoms with Gasteiger partial charge in [-0.2, -0.15) is 0 Å². The molecule has 4 heteroatoms. The van der Waals surface area contributed by atoms with Crippen LogP contribution in [0.5, 0.6) is 0 Å². The van der Waals surface area contributed by atoms with Crippen LogP contribution in [0.2, 0.25) is 0 Å². The zero-order valence-corrected chi connectivity index (χ0v) is 9.32. The Balaban J connectivity index is 2.89. The maximum Gasteiger partial charge on any atom is 0.255 e. The fraction of sp³-hybridized carbons (Fsp3) is 0.545. The van der Waals surface area contributed by atoms with Crippen LogP contribution in [0.1, 0.15) is 18.2 Å². The van der Waals surface area contributed by atoms with Gasteiger partial charge in [0.1, 0.15) is 0 Å². The second-order valence-electron chi connectivity index (χ2n) is 3.36. The standard InChI is InChI=1S/C11H18N2O2/c1-3-15-7-6-13-9(2)4-5-10(8-12)11(13)14/h4-5H,3,6-8,12H2,1-2H3. The van der Waals surface area contributed by atoms with Crippen LogP contribution in [-0.2, 0) is 17.8 Å². The van der Waals surface area contributed by atoms with Crippen molar-refractivity contribution in [3.8, 4) is 0 Å². The number of nitrogens with zero attached hydrogens (tertiary/aromatic N) is 1. The number of hydrogen-bond donors (Lipinski definition) is 1. The maximum absolute atomic E-state index is 11.8. The normalized spacial score (nSPS) is 10.6. The molecule has 1 rings (SSSR count). The predicted molar refractivity (Wildman–Crippen MR) is 59.8 cm³/mol. The lowest BCUT2D eigenvalue weighted by atomic mass is 10.2. The molecular formula is C11H18N2O2. The van der Waals surface area contributed by atoms with Crippen LogP contribution in [0.15, 0.2) is 16.9 Å². The molecule has 0 unspecified atom stereocenters. The minimum atomic E-state index is -0.00259. The first-order valence-electron chi connectivity index (χ1n) is 5.17. The number of aryl methyl sites for hydroxylation is 1. The lowest BCUT2D eigenvalue weighted by molar-refractivity contribution is 0.137. The largest absolute Gasteiger partial charge is 0.380 e.